The first-order chi connectivity index (χ1) is 8.99. The van der Waals surface area contributed by atoms with Gasteiger partial charge in [-0.2, -0.15) is 0 Å². The van der Waals surface area contributed by atoms with Crippen LogP contribution in [-0.2, 0) is 0 Å². The molecule has 3 heteroatoms. The Morgan fingerprint density at radius 3 is 1.79 bits per heavy atom. The molecule has 0 aliphatic heterocycles. The number of rotatable bonds is 3. The fourth-order valence-electron chi connectivity index (χ4n) is 2.49. The molecule has 1 atom stereocenters. The van der Waals surface area contributed by atoms with Gasteiger partial charge in [-0.05, 0) is 49.6 Å². The summed E-state index contributed by atoms with van der Waals surface area (Å²) in [5.74, 6) is 5.74. The first-order valence-electron chi connectivity index (χ1n) is 6.31. The highest BCUT2D eigenvalue weighted by Crippen LogP contribution is 2.26. The standard InChI is InChI=1S/C16H19ClN2/c1-10-4-11(2)6-13(5-10)16(19-18)14-7-12(3)8-15(17)9-14/h4-9,16,19H,18H2,1-3H3. The van der Waals surface area contributed by atoms with Gasteiger partial charge in [-0.1, -0.05) is 47.0 Å². The van der Waals surface area contributed by atoms with Crippen LogP contribution in [0, 0.1) is 20.8 Å². The maximum Gasteiger partial charge on any atom is 0.0710 e. The number of halogens is 1. The molecule has 0 aromatic heterocycles. The van der Waals surface area contributed by atoms with Crippen molar-refractivity contribution in [2.24, 2.45) is 5.84 Å². The van der Waals surface area contributed by atoms with Gasteiger partial charge >= 0.3 is 0 Å². The smallest absolute Gasteiger partial charge is 0.0710 e. The topological polar surface area (TPSA) is 38.0 Å². The van der Waals surface area contributed by atoms with E-state index in [1.54, 1.807) is 0 Å². The van der Waals surface area contributed by atoms with Gasteiger partial charge in [0.25, 0.3) is 0 Å². The van der Waals surface area contributed by atoms with E-state index in [2.05, 4.69) is 43.5 Å². The van der Waals surface area contributed by atoms with Crippen molar-refractivity contribution < 1.29 is 0 Å². The lowest BCUT2D eigenvalue weighted by Gasteiger charge is -2.19. The molecule has 2 rings (SSSR count). The van der Waals surface area contributed by atoms with Gasteiger partial charge in [-0.25, -0.2) is 5.43 Å². The Labute approximate surface area is 119 Å². The molecule has 0 radical (unpaired) electrons. The summed E-state index contributed by atoms with van der Waals surface area (Å²) in [6.07, 6.45) is 0. The predicted molar refractivity (Wildman–Crippen MR) is 81.3 cm³/mol. The van der Waals surface area contributed by atoms with Crippen molar-refractivity contribution in [3.63, 3.8) is 0 Å². The van der Waals surface area contributed by atoms with Gasteiger partial charge in [-0.15, -0.1) is 0 Å². The summed E-state index contributed by atoms with van der Waals surface area (Å²) in [5.41, 5.74) is 8.71. The number of hydrazine groups is 1. The number of hydrogen-bond donors (Lipinski definition) is 2. The minimum absolute atomic E-state index is 0.0454. The second-order valence-electron chi connectivity index (χ2n) is 5.08. The zero-order valence-corrected chi connectivity index (χ0v) is 12.3. The summed E-state index contributed by atoms with van der Waals surface area (Å²) in [6.45, 7) is 6.21. The van der Waals surface area contributed by atoms with E-state index in [4.69, 9.17) is 17.4 Å². The maximum atomic E-state index is 6.13. The highest BCUT2D eigenvalue weighted by atomic mass is 35.5. The van der Waals surface area contributed by atoms with Crippen molar-refractivity contribution in [3.8, 4) is 0 Å². The fourth-order valence-corrected chi connectivity index (χ4v) is 2.79. The maximum absolute atomic E-state index is 6.13. The second kappa shape index (κ2) is 5.74. The van der Waals surface area contributed by atoms with Crippen LogP contribution in [0.5, 0.6) is 0 Å². The lowest BCUT2D eigenvalue weighted by atomic mass is 9.95. The highest BCUT2D eigenvalue weighted by Gasteiger charge is 2.14. The molecule has 0 saturated carbocycles. The molecule has 0 fully saturated rings. The molecule has 100 valence electrons. The lowest BCUT2D eigenvalue weighted by molar-refractivity contribution is 0.635. The molecule has 0 aliphatic carbocycles. The van der Waals surface area contributed by atoms with Crippen molar-refractivity contribution in [2.45, 2.75) is 26.8 Å². The fraction of sp³-hybridized carbons (Fsp3) is 0.250. The van der Waals surface area contributed by atoms with Crippen molar-refractivity contribution in [1.82, 2.24) is 5.43 Å². The van der Waals surface area contributed by atoms with E-state index in [9.17, 15) is 0 Å². The summed E-state index contributed by atoms with van der Waals surface area (Å²) < 4.78 is 0. The molecular weight excluding hydrogens is 256 g/mol. The first kappa shape index (κ1) is 14.1. The third-order valence-electron chi connectivity index (χ3n) is 3.14. The van der Waals surface area contributed by atoms with Gasteiger partial charge < -0.3 is 0 Å². The summed E-state index contributed by atoms with van der Waals surface area (Å²) in [6, 6.07) is 12.4. The van der Waals surface area contributed by atoms with Crippen LogP contribution in [0.4, 0.5) is 0 Å². The van der Waals surface area contributed by atoms with E-state index < -0.39 is 0 Å². The van der Waals surface area contributed by atoms with Crippen LogP contribution in [0.1, 0.15) is 33.9 Å². The number of benzene rings is 2. The van der Waals surface area contributed by atoms with Gasteiger partial charge in [0.05, 0.1) is 6.04 Å². The SMILES string of the molecule is Cc1cc(C)cc(C(NN)c2cc(C)cc(Cl)c2)c1. The zero-order chi connectivity index (χ0) is 14.0. The van der Waals surface area contributed by atoms with Crippen molar-refractivity contribution >= 4 is 11.6 Å². The van der Waals surface area contributed by atoms with E-state index in [-0.39, 0.29) is 6.04 Å². The third-order valence-corrected chi connectivity index (χ3v) is 3.36. The van der Waals surface area contributed by atoms with Crippen LogP contribution in [0.2, 0.25) is 5.02 Å². The molecule has 0 saturated heterocycles. The zero-order valence-electron chi connectivity index (χ0n) is 11.5. The molecule has 19 heavy (non-hydrogen) atoms. The van der Waals surface area contributed by atoms with Crippen molar-refractivity contribution in [1.29, 1.82) is 0 Å². The molecule has 1 unspecified atom stereocenters. The van der Waals surface area contributed by atoms with E-state index in [1.165, 1.54) is 11.1 Å². The van der Waals surface area contributed by atoms with E-state index in [1.807, 2.05) is 19.1 Å². The molecule has 3 N–H and O–H groups in total. The quantitative estimate of drug-likeness (QED) is 0.660. The molecule has 0 heterocycles. The third kappa shape index (κ3) is 3.35. The summed E-state index contributed by atoms with van der Waals surface area (Å²) in [4.78, 5) is 0. The molecule has 2 aromatic rings. The number of aryl methyl sites for hydroxylation is 3. The molecule has 0 spiro atoms. The van der Waals surface area contributed by atoms with Gasteiger partial charge in [0.15, 0.2) is 0 Å². The normalized spacial score (nSPS) is 12.5. The average Bonchev–Trinajstić information content (AvgIpc) is 2.27. The van der Waals surface area contributed by atoms with Crippen LogP contribution in [0.25, 0.3) is 0 Å². The Kier molecular flexibility index (Phi) is 4.25. The summed E-state index contributed by atoms with van der Waals surface area (Å²) in [5, 5.41) is 0.736. The molecular formula is C16H19ClN2. The number of hydrogen-bond acceptors (Lipinski definition) is 2. The monoisotopic (exact) mass is 274 g/mol. The number of nitrogens with one attached hydrogen (secondary N) is 1. The van der Waals surface area contributed by atoms with Crippen LogP contribution in [0.3, 0.4) is 0 Å². The van der Waals surface area contributed by atoms with Crippen LogP contribution in [0.15, 0.2) is 36.4 Å². The van der Waals surface area contributed by atoms with Crippen LogP contribution < -0.4 is 11.3 Å². The van der Waals surface area contributed by atoms with Gasteiger partial charge in [0, 0.05) is 5.02 Å². The van der Waals surface area contributed by atoms with E-state index in [0.717, 1.165) is 21.7 Å². The van der Waals surface area contributed by atoms with Gasteiger partial charge in [0.1, 0.15) is 0 Å². The Morgan fingerprint density at radius 2 is 1.32 bits per heavy atom. The Bertz CT molecular complexity index is 501. The molecule has 0 aliphatic rings. The van der Waals surface area contributed by atoms with Crippen LogP contribution >= 0.6 is 11.6 Å². The average molecular weight is 275 g/mol. The first-order valence-corrected chi connectivity index (χ1v) is 6.69. The molecule has 2 aromatic carbocycles. The van der Waals surface area contributed by atoms with E-state index in [0.29, 0.717) is 0 Å². The van der Waals surface area contributed by atoms with Crippen molar-refractivity contribution in [2.75, 3.05) is 0 Å². The molecule has 0 bridgehead atoms. The summed E-state index contributed by atoms with van der Waals surface area (Å²) in [7, 11) is 0. The Hall–Kier alpha value is -1.35. The number of nitrogens with two attached hydrogens (primary N) is 1. The minimum Gasteiger partial charge on any atom is -0.271 e. The van der Waals surface area contributed by atoms with Gasteiger partial charge in [-0.3, -0.25) is 5.84 Å². The van der Waals surface area contributed by atoms with Gasteiger partial charge in [0.2, 0.25) is 0 Å². The minimum atomic E-state index is -0.0454. The molecule has 0 amide bonds. The van der Waals surface area contributed by atoms with E-state index >= 15 is 0 Å². The predicted octanol–water partition coefficient (Wildman–Crippen LogP) is 3.82. The summed E-state index contributed by atoms with van der Waals surface area (Å²) >= 11 is 6.13. The highest BCUT2D eigenvalue weighted by molar-refractivity contribution is 6.30. The molecule has 2 nitrogen and oxygen atoms in total. The Balaban J connectivity index is 2.49. The van der Waals surface area contributed by atoms with Crippen LogP contribution in [-0.4, -0.2) is 0 Å². The largest absolute Gasteiger partial charge is 0.271 e. The Morgan fingerprint density at radius 1 is 0.842 bits per heavy atom. The van der Waals surface area contributed by atoms with Crippen molar-refractivity contribution in [3.05, 3.63) is 69.2 Å². The lowest BCUT2D eigenvalue weighted by Crippen LogP contribution is -2.29. The second-order valence-corrected chi connectivity index (χ2v) is 5.52.